The van der Waals surface area contributed by atoms with Gasteiger partial charge in [-0.25, -0.2) is 0 Å². The Morgan fingerprint density at radius 2 is 2.09 bits per heavy atom. The van der Waals surface area contributed by atoms with Crippen LogP contribution in [0, 0.1) is 0 Å². The maximum Gasteiger partial charge on any atom is 0.222 e. The Morgan fingerprint density at radius 3 is 2.77 bits per heavy atom. The number of benzene rings is 1. The van der Waals surface area contributed by atoms with Crippen LogP contribution in [0.2, 0.25) is 0 Å². The first-order valence-electron chi connectivity index (χ1n) is 7.91. The second kappa shape index (κ2) is 6.88. The molecule has 1 aliphatic carbocycles. The molecule has 1 amide bonds. The highest BCUT2D eigenvalue weighted by Crippen LogP contribution is 2.46. The predicted octanol–water partition coefficient (Wildman–Crippen LogP) is 3.10. The number of nitrogens with two attached hydrogens (primary N) is 1. The van der Waals surface area contributed by atoms with Crippen LogP contribution in [0.1, 0.15) is 57.1 Å². The quantitative estimate of drug-likeness (QED) is 0.898. The van der Waals surface area contributed by atoms with Crippen molar-refractivity contribution in [3.05, 3.63) is 29.8 Å². The zero-order chi connectivity index (χ0) is 14.9. The van der Waals surface area contributed by atoms with E-state index in [2.05, 4.69) is 5.32 Å². The van der Waals surface area contributed by atoms with Crippen molar-refractivity contribution in [3.63, 3.8) is 0 Å². The molecule has 1 spiro atoms. The molecular weight excluding hydrogens is 300 g/mol. The van der Waals surface area contributed by atoms with Crippen molar-refractivity contribution >= 4 is 18.3 Å². The first-order valence-corrected chi connectivity index (χ1v) is 7.91. The Labute approximate surface area is 138 Å². The van der Waals surface area contributed by atoms with Gasteiger partial charge in [-0.2, -0.15) is 0 Å². The molecule has 2 aliphatic rings. The van der Waals surface area contributed by atoms with Gasteiger partial charge in [0, 0.05) is 24.4 Å². The largest absolute Gasteiger partial charge is 0.487 e. The number of halogens is 1. The van der Waals surface area contributed by atoms with Gasteiger partial charge >= 0.3 is 0 Å². The average molecular weight is 325 g/mol. The van der Waals surface area contributed by atoms with Gasteiger partial charge in [0.05, 0.1) is 6.04 Å². The van der Waals surface area contributed by atoms with Crippen LogP contribution < -0.4 is 15.8 Å². The van der Waals surface area contributed by atoms with Gasteiger partial charge in [-0.1, -0.05) is 18.2 Å². The van der Waals surface area contributed by atoms with Gasteiger partial charge in [-0.3, -0.25) is 4.79 Å². The molecule has 4 nitrogen and oxygen atoms in total. The first-order chi connectivity index (χ1) is 10.1. The molecule has 1 fully saturated rings. The summed E-state index contributed by atoms with van der Waals surface area (Å²) >= 11 is 0. The Morgan fingerprint density at radius 1 is 1.41 bits per heavy atom. The number of carbonyl (C=O) groups is 1. The molecule has 0 aromatic heterocycles. The number of amides is 1. The number of para-hydroxylation sites is 1. The number of carbonyl (C=O) groups excluding carboxylic acids is 1. The van der Waals surface area contributed by atoms with Crippen LogP contribution in [-0.4, -0.2) is 17.6 Å². The van der Waals surface area contributed by atoms with Gasteiger partial charge in [0.15, 0.2) is 0 Å². The van der Waals surface area contributed by atoms with Crippen LogP contribution in [0.3, 0.4) is 0 Å². The summed E-state index contributed by atoms with van der Waals surface area (Å²) in [5, 5.41) is 3.16. The fraction of sp³-hybridized carbons (Fsp3) is 0.588. The molecule has 5 heteroatoms. The van der Waals surface area contributed by atoms with Gasteiger partial charge in [0.2, 0.25) is 5.91 Å². The summed E-state index contributed by atoms with van der Waals surface area (Å²) in [5.74, 6) is 0.955. The number of fused-ring (bicyclic) bond motifs is 1. The van der Waals surface area contributed by atoms with E-state index in [1.165, 1.54) is 12.8 Å². The Kier molecular flexibility index (Phi) is 5.35. The van der Waals surface area contributed by atoms with Crippen LogP contribution in [0.5, 0.6) is 5.75 Å². The lowest BCUT2D eigenvalue weighted by Crippen LogP contribution is -2.44. The molecule has 2 unspecified atom stereocenters. The van der Waals surface area contributed by atoms with Gasteiger partial charge < -0.3 is 15.8 Å². The van der Waals surface area contributed by atoms with E-state index in [4.69, 9.17) is 10.5 Å². The lowest BCUT2D eigenvalue weighted by atomic mass is 9.86. The lowest BCUT2D eigenvalue weighted by molar-refractivity contribution is -0.122. The SMILES string of the molecule is CC(N)CC(=O)NC1CC2(CCCC2)Oc2ccccc21.Cl. The van der Waals surface area contributed by atoms with Crippen LogP contribution in [0.4, 0.5) is 0 Å². The van der Waals surface area contributed by atoms with Crippen LogP contribution in [-0.2, 0) is 4.79 Å². The van der Waals surface area contributed by atoms with E-state index >= 15 is 0 Å². The van der Waals surface area contributed by atoms with E-state index in [1.807, 2.05) is 31.2 Å². The van der Waals surface area contributed by atoms with Crippen LogP contribution >= 0.6 is 12.4 Å². The summed E-state index contributed by atoms with van der Waals surface area (Å²) < 4.78 is 6.30. The zero-order valence-corrected chi connectivity index (χ0v) is 13.8. The molecule has 1 heterocycles. The summed E-state index contributed by atoms with van der Waals surface area (Å²) in [4.78, 5) is 12.1. The maximum absolute atomic E-state index is 12.1. The highest BCUT2D eigenvalue weighted by Gasteiger charge is 2.43. The number of nitrogens with one attached hydrogen (secondary N) is 1. The molecule has 122 valence electrons. The van der Waals surface area contributed by atoms with Crippen molar-refractivity contribution in [3.8, 4) is 5.75 Å². The fourth-order valence-electron chi connectivity index (χ4n) is 3.62. The van der Waals surface area contributed by atoms with E-state index in [0.717, 1.165) is 30.6 Å². The van der Waals surface area contributed by atoms with E-state index in [9.17, 15) is 4.79 Å². The van der Waals surface area contributed by atoms with Crippen molar-refractivity contribution in [2.75, 3.05) is 0 Å². The van der Waals surface area contributed by atoms with Crippen molar-refractivity contribution in [2.45, 2.75) is 63.1 Å². The molecule has 0 saturated heterocycles. The molecule has 1 aromatic carbocycles. The standard InChI is InChI=1S/C17H24N2O2.ClH/c1-12(18)10-16(20)19-14-11-17(8-4-5-9-17)21-15-7-3-2-6-13(14)15;/h2-3,6-7,12,14H,4-5,8-11,18H2,1H3,(H,19,20);1H. The third-order valence-corrected chi connectivity index (χ3v) is 4.55. The highest BCUT2D eigenvalue weighted by molar-refractivity contribution is 5.85. The summed E-state index contributed by atoms with van der Waals surface area (Å²) in [5.41, 5.74) is 6.73. The number of hydrogen-bond donors (Lipinski definition) is 2. The predicted molar refractivity (Wildman–Crippen MR) is 89.3 cm³/mol. The van der Waals surface area contributed by atoms with Gasteiger partial charge in [0.1, 0.15) is 11.4 Å². The number of rotatable bonds is 3. The van der Waals surface area contributed by atoms with E-state index in [0.29, 0.717) is 6.42 Å². The zero-order valence-electron chi connectivity index (χ0n) is 13.0. The maximum atomic E-state index is 12.1. The normalized spacial score (nSPS) is 23.1. The lowest BCUT2D eigenvalue weighted by Gasteiger charge is -2.40. The molecule has 1 saturated carbocycles. The van der Waals surface area contributed by atoms with Crippen molar-refractivity contribution in [2.24, 2.45) is 5.73 Å². The Balaban J connectivity index is 0.00000176. The minimum Gasteiger partial charge on any atom is -0.487 e. The second-order valence-electron chi connectivity index (χ2n) is 6.54. The van der Waals surface area contributed by atoms with Gasteiger partial charge in [-0.05, 0) is 38.7 Å². The monoisotopic (exact) mass is 324 g/mol. The van der Waals surface area contributed by atoms with Crippen LogP contribution in [0.25, 0.3) is 0 Å². The molecule has 1 aromatic rings. The van der Waals surface area contributed by atoms with E-state index < -0.39 is 0 Å². The molecule has 3 rings (SSSR count). The van der Waals surface area contributed by atoms with Crippen LogP contribution in [0.15, 0.2) is 24.3 Å². The molecule has 0 bridgehead atoms. The van der Waals surface area contributed by atoms with Gasteiger partial charge in [0.25, 0.3) is 0 Å². The third-order valence-electron chi connectivity index (χ3n) is 4.55. The molecule has 0 radical (unpaired) electrons. The summed E-state index contributed by atoms with van der Waals surface area (Å²) in [6.07, 6.45) is 5.83. The minimum absolute atomic E-state index is 0. The molecule has 1 aliphatic heterocycles. The minimum atomic E-state index is -0.111. The van der Waals surface area contributed by atoms with Crippen molar-refractivity contribution in [1.29, 1.82) is 0 Å². The molecule has 2 atom stereocenters. The Hall–Kier alpha value is -1.26. The number of hydrogen-bond acceptors (Lipinski definition) is 3. The third kappa shape index (κ3) is 3.55. The van der Waals surface area contributed by atoms with Crippen molar-refractivity contribution < 1.29 is 9.53 Å². The topological polar surface area (TPSA) is 64.4 Å². The fourth-order valence-corrected chi connectivity index (χ4v) is 3.62. The van der Waals surface area contributed by atoms with Gasteiger partial charge in [-0.15, -0.1) is 12.4 Å². The second-order valence-corrected chi connectivity index (χ2v) is 6.54. The summed E-state index contributed by atoms with van der Waals surface area (Å²) in [7, 11) is 0. The summed E-state index contributed by atoms with van der Waals surface area (Å²) in [6, 6.07) is 7.99. The highest BCUT2D eigenvalue weighted by atomic mass is 35.5. The summed E-state index contributed by atoms with van der Waals surface area (Å²) in [6.45, 7) is 1.86. The molecular formula is C17H25ClN2O2. The molecule has 22 heavy (non-hydrogen) atoms. The Bertz CT molecular complexity index is 527. The molecule has 3 N–H and O–H groups in total. The average Bonchev–Trinajstić information content (AvgIpc) is 2.85. The first kappa shape index (κ1) is 17.1. The van der Waals surface area contributed by atoms with E-state index in [1.54, 1.807) is 0 Å². The van der Waals surface area contributed by atoms with E-state index in [-0.39, 0.29) is 36.0 Å². The number of ether oxygens (including phenoxy) is 1. The van der Waals surface area contributed by atoms with Crippen molar-refractivity contribution in [1.82, 2.24) is 5.32 Å². The smallest absolute Gasteiger partial charge is 0.222 e.